The maximum atomic E-state index is 11.8. The van der Waals surface area contributed by atoms with E-state index in [0.717, 1.165) is 0 Å². The highest BCUT2D eigenvalue weighted by molar-refractivity contribution is 8.04. The molecule has 0 spiro atoms. The van der Waals surface area contributed by atoms with Gasteiger partial charge < -0.3 is 8.78 Å². The molecule has 0 N–H and O–H groups in total. The third-order valence-electron chi connectivity index (χ3n) is 1.16. The zero-order valence-electron chi connectivity index (χ0n) is 7.42. The quantitative estimate of drug-likeness (QED) is 0.445. The van der Waals surface area contributed by atoms with Crippen molar-refractivity contribution in [2.75, 3.05) is 0 Å². The Morgan fingerprint density at radius 3 is 1.06 bits per heavy atom. The molecule has 0 heterocycles. The predicted molar refractivity (Wildman–Crippen MR) is 37.2 cm³/mol. The van der Waals surface area contributed by atoms with Crippen molar-refractivity contribution in [3.63, 3.8) is 0 Å². The molecule has 0 bridgehead atoms. The summed E-state index contributed by atoms with van der Waals surface area (Å²) < 4.78 is 132. The molecule has 18 heavy (non-hydrogen) atoms. The Labute approximate surface area is 94.1 Å². The summed E-state index contributed by atoms with van der Waals surface area (Å²) in [6, 6.07) is 0. The van der Waals surface area contributed by atoms with E-state index in [2.05, 4.69) is 0 Å². The van der Waals surface area contributed by atoms with Crippen LogP contribution in [-0.2, 0) is 20.0 Å². The molecule has 15 heteroatoms. The number of sulfonamides is 2. The molecule has 0 saturated heterocycles. The zero-order valence-corrected chi connectivity index (χ0v) is 9.05. The minimum absolute atomic E-state index is 3.01. The first-order chi connectivity index (χ1) is 7.57. The van der Waals surface area contributed by atoms with Gasteiger partial charge in [-0.2, -0.15) is 30.1 Å². The average Bonchev–Trinajstić information content (AvgIpc) is 1.96. The van der Waals surface area contributed by atoms with Crippen molar-refractivity contribution in [1.29, 1.82) is 0 Å². The monoisotopic (exact) mass is 330 g/mol. The number of alkyl halides is 6. The van der Waals surface area contributed by atoms with Crippen LogP contribution in [0.4, 0.5) is 35.1 Å². The van der Waals surface area contributed by atoms with Crippen LogP contribution in [0.25, 0.3) is 0 Å². The van der Waals surface area contributed by atoms with E-state index in [-0.39, 0.29) is 0 Å². The Bertz CT molecular complexity index is 455. The normalized spacial score (nSPS) is 15.4. The topological polar surface area (TPSA) is 71.5 Å². The van der Waals surface area contributed by atoms with Gasteiger partial charge in [-0.15, -0.1) is 0 Å². The Morgan fingerprint density at radius 1 is 0.722 bits per heavy atom. The van der Waals surface area contributed by atoms with E-state index in [0.29, 0.717) is 0 Å². The van der Waals surface area contributed by atoms with Gasteiger partial charge in [0.25, 0.3) is 0 Å². The molecule has 110 valence electrons. The van der Waals surface area contributed by atoms with Crippen LogP contribution in [-0.4, -0.2) is 31.6 Å². The van der Waals surface area contributed by atoms with E-state index in [9.17, 15) is 52.0 Å². The van der Waals surface area contributed by atoms with Gasteiger partial charge in [0.1, 0.15) is 0 Å². The molecule has 0 atom stereocenters. The summed E-state index contributed by atoms with van der Waals surface area (Å²) in [6.07, 6.45) is 0. The van der Waals surface area contributed by atoms with Crippen LogP contribution in [0.5, 0.6) is 0 Å². The van der Waals surface area contributed by atoms with Gasteiger partial charge >= 0.3 is 31.1 Å². The van der Waals surface area contributed by atoms with Gasteiger partial charge in [0.15, 0.2) is 0 Å². The van der Waals surface area contributed by atoms with Crippen LogP contribution >= 0.6 is 0 Å². The van der Waals surface area contributed by atoms with E-state index >= 15 is 0 Å². The molecule has 0 radical (unpaired) electrons. The van der Waals surface area contributed by atoms with Crippen LogP contribution in [0.15, 0.2) is 0 Å². The smallest absolute Gasteiger partial charge is 0.402 e. The molecule has 0 aliphatic heterocycles. The van der Waals surface area contributed by atoms with Gasteiger partial charge in [0.2, 0.25) is 0 Å². The fourth-order valence-corrected chi connectivity index (χ4v) is 2.78. The summed E-state index contributed by atoms with van der Waals surface area (Å²) in [5.74, 6) is 0. The molecule has 0 aliphatic rings. The second-order valence-corrected chi connectivity index (χ2v) is 6.13. The maximum absolute atomic E-state index is 11.8. The van der Waals surface area contributed by atoms with Crippen LogP contribution in [0.2, 0.25) is 0 Å². The zero-order chi connectivity index (χ0) is 15.2. The molecule has 5 nitrogen and oxygen atoms in total. The Balaban J connectivity index is 6.14. The fourth-order valence-electron chi connectivity index (χ4n) is 0.499. The van der Waals surface area contributed by atoms with E-state index in [1.54, 1.807) is 0 Å². The predicted octanol–water partition coefficient (Wildman–Crippen LogP) is 1.37. The van der Waals surface area contributed by atoms with Crippen molar-refractivity contribution in [2.45, 2.75) is 11.0 Å². The van der Waals surface area contributed by atoms with Crippen molar-refractivity contribution >= 4 is 20.0 Å². The lowest BCUT2D eigenvalue weighted by atomic mass is 11.4. The largest absolute Gasteiger partial charge is 0.510 e. The third kappa shape index (κ3) is 2.82. The Morgan fingerprint density at radius 2 is 0.944 bits per heavy atom. The van der Waals surface area contributed by atoms with E-state index in [4.69, 9.17) is 0 Å². The van der Waals surface area contributed by atoms with Gasteiger partial charge in [-0.05, 0) is 0 Å². The van der Waals surface area contributed by atoms with Crippen LogP contribution < -0.4 is 0 Å². The standard InChI is InChI=1S/C3F8NO4S2/c4-1(5)12(17(13,14)2(6,7)8)18(15,16)3(9,10)11/q-1. The van der Waals surface area contributed by atoms with Crippen molar-refractivity contribution in [1.82, 2.24) is 3.71 Å². The van der Waals surface area contributed by atoms with E-state index < -0.39 is 41.3 Å². The first-order valence-corrected chi connectivity index (χ1v) is 6.06. The molecule has 0 aromatic rings. The molecule has 0 aliphatic carbocycles. The van der Waals surface area contributed by atoms with Crippen molar-refractivity contribution in [2.24, 2.45) is 0 Å². The van der Waals surface area contributed by atoms with Crippen molar-refractivity contribution in [3.05, 3.63) is 6.55 Å². The lowest BCUT2D eigenvalue weighted by molar-refractivity contribution is -0.0562. The number of hydrogen-bond donors (Lipinski definition) is 0. The van der Waals surface area contributed by atoms with E-state index in [1.165, 1.54) is 0 Å². The minimum atomic E-state index is -7.44. The Hall–Kier alpha value is -0.700. The molecule has 0 rings (SSSR count). The highest BCUT2D eigenvalue weighted by Gasteiger charge is 2.60. The van der Waals surface area contributed by atoms with Gasteiger partial charge in [-0.3, -0.25) is 0 Å². The highest BCUT2D eigenvalue weighted by atomic mass is 32.3. The SMILES string of the molecule is O=S(=O)(N([C-](F)F)S(=O)(=O)C(F)(F)F)C(F)(F)F. The molecule has 0 amide bonds. The summed E-state index contributed by atoms with van der Waals surface area (Å²) in [7, 11) is -14.9. The molecule has 0 fully saturated rings. The number of hydrogen-bond acceptors (Lipinski definition) is 4. The molecular weight excluding hydrogens is 330 g/mol. The van der Waals surface area contributed by atoms with Crippen LogP contribution in [0, 0.1) is 6.55 Å². The van der Waals surface area contributed by atoms with Crippen LogP contribution in [0.3, 0.4) is 0 Å². The fraction of sp³-hybridized carbons (Fsp3) is 0.667. The first kappa shape index (κ1) is 17.3. The maximum Gasteiger partial charge on any atom is 0.510 e. The molecule has 0 aromatic carbocycles. The molecule has 0 saturated carbocycles. The molecular formula is C3F8NO4S2-. The number of nitrogens with zero attached hydrogens (tertiary/aromatic N) is 1. The van der Waals surface area contributed by atoms with Gasteiger partial charge in [0, 0.05) is 0 Å². The lowest BCUT2D eigenvalue weighted by Crippen LogP contribution is -2.49. The Kier molecular flexibility index (Phi) is 4.27. The lowest BCUT2D eigenvalue weighted by Gasteiger charge is -2.31. The van der Waals surface area contributed by atoms with Gasteiger partial charge in [0.05, 0.1) is 6.55 Å². The summed E-state index contributed by atoms with van der Waals surface area (Å²) >= 11 is 0. The molecule has 0 unspecified atom stereocenters. The highest BCUT2D eigenvalue weighted by Crippen LogP contribution is 2.39. The summed E-state index contributed by atoms with van der Waals surface area (Å²) in [5.41, 5.74) is -13.3. The van der Waals surface area contributed by atoms with Gasteiger partial charge in [-0.1, -0.05) is 0 Å². The molecule has 0 aromatic heterocycles. The first-order valence-electron chi connectivity index (χ1n) is 3.18. The van der Waals surface area contributed by atoms with E-state index in [1.807, 2.05) is 0 Å². The number of rotatable bonds is 3. The van der Waals surface area contributed by atoms with Crippen molar-refractivity contribution < 1.29 is 52.0 Å². The minimum Gasteiger partial charge on any atom is -0.402 e. The average molecular weight is 330 g/mol. The van der Waals surface area contributed by atoms with Crippen molar-refractivity contribution in [3.8, 4) is 0 Å². The summed E-state index contributed by atoms with van der Waals surface area (Å²) in [5, 5.41) is 0. The second-order valence-electron chi connectivity index (χ2n) is 2.34. The van der Waals surface area contributed by atoms with Crippen LogP contribution in [0.1, 0.15) is 0 Å². The number of halogens is 8. The third-order valence-corrected chi connectivity index (χ3v) is 4.66. The summed E-state index contributed by atoms with van der Waals surface area (Å²) in [6.45, 7) is -4.22. The van der Waals surface area contributed by atoms with Gasteiger partial charge in [-0.25, -0.2) is 16.8 Å². The second kappa shape index (κ2) is 4.44. The summed E-state index contributed by atoms with van der Waals surface area (Å²) in [4.78, 5) is 0.